The van der Waals surface area contributed by atoms with Gasteiger partial charge in [-0.3, -0.25) is 4.72 Å². The van der Waals surface area contributed by atoms with Crippen molar-refractivity contribution < 1.29 is 17.9 Å². The van der Waals surface area contributed by atoms with Crippen molar-refractivity contribution in [3.8, 4) is 11.5 Å². The van der Waals surface area contributed by atoms with Gasteiger partial charge < -0.3 is 20.1 Å². The molecule has 0 aromatic heterocycles. The fraction of sp³-hybridized carbons (Fsp3) is 0.316. The van der Waals surface area contributed by atoms with E-state index >= 15 is 0 Å². The van der Waals surface area contributed by atoms with Gasteiger partial charge in [-0.25, -0.2) is 8.42 Å². The SMILES string of the molecule is CCCNC(=S)Nc1ccc(NS(=O)(=O)c2ccc3c(c2)OCCCO3)cc1. The highest BCUT2D eigenvalue weighted by Crippen LogP contribution is 2.32. The average molecular weight is 422 g/mol. The first-order valence-corrected chi connectivity index (χ1v) is 10.9. The van der Waals surface area contributed by atoms with Gasteiger partial charge in [0.25, 0.3) is 10.0 Å². The van der Waals surface area contributed by atoms with Crippen LogP contribution in [0.25, 0.3) is 0 Å². The van der Waals surface area contributed by atoms with E-state index in [-0.39, 0.29) is 4.90 Å². The Balaban J connectivity index is 1.69. The first-order valence-electron chi connectivity index (χ1n) is 9.05. The smallest absolute Gasteiger partial charge is 0.262 e. The molecule has 9 heteroatoms. The molecule has 0 fully saturated rings. The van der Waals surface area contributed by atoms with E-state index in [4.69, 9.17) is 21.7 Å². The number of ether oxygens (including phenoxy) is 2. The van der Waals surface area contributed by atoms with E-state index in [1.807, 2.05) is 0 Å². The van der Waals surface area contributed by atoms with E-state index in [9.17, 15) is 8.42 Å². The second-order valence-corrected chi connectivity index (χ2v) is 8.31. The molecule has 0 amide bonds. The molecule has 150 valence electrons. The van der Waals surface area contributed by atoms with Crippen LogP contribution in [-0.4, -0.2) is 33.3 Å². The molecule has 7 nitrogen and oxygen atoms in total. The average Bonchev–Trinajstić information content (AvgIpc) is 2.92. The monoisotopic (exact) mass is 421 g/mol. The van der Waals surface area contributed by atoms with Crippen LogP contribution in [0.4, 0.5) is 11.4 Å². The Morgan fingerprint density at radius 3 is 2.43 bits per heavy atom. The molecule has 0 spiro atoms. The lowest BCUT2D eigenvalue weighted by atomic mass is 10.3. The van der Waals surface area contributed by atoms with Crippen LogP contribution in [0, 0.1) is 0 Å². The van der Waals surface area contributed by atoms with Crippen molar-refractivity contribution in [3.63, 3.8) is 0 Å². The van der Waals surface area contributed by atoms with Crippen LogP contribution < -0.4 is 24.8 Å². The molecule has 3 rings (SSSR count). The van der Waals surface area contributed by atoms with Crippen LogP contribution in [0.5, 0.6) is 11.5 Å². The van der Waals surface area contributed by atoms with Crippen molar-refractivity contribution >= 4 is 38.7 Å². The lowest BCUT2D eigenvalue weighted by Gasteiger charge is -2.13. The number of hydrogen-bond donors (Lipinski definition) is 3. The molecule has 1 heterocycles. The van der Waals surface area contributed by atoms with Gasteiger partial charge in [0.05, 0.1) is 18.1 Å². The largest absolute Gasteiger partial charge is 0.490 e. The third-order valence-corrected chi connectivity index (χ3v) is 5.59. The summed E-state index contributed by atoms with van der Waals surface area (Å²) in [5, 5.41) is 6.65. The summed E-state index contributed by atoms with van der Waals surface area (Å²) in [6.45, 7) is 3.89. The lowest BCUT2D eigenvalue weighted by molar-refractivity contribution is 0.297. The number of nitrogens with one attached hydrogen (secondary N) is 3. The van der Waals surface area contributed by atoms with Crippen LogP contribution in [-0.2, 0) is 10.0 Å². The first kappa shape index (κ1) is 20.2. The molecule has 0 atom stereocenters. The molecule has 0 unspecified atom stereocenters. The van der Waals surface area contributed by atoms with Gasteiger partial charge in [0.15, 0.2) is 16.6 Å². The molecule has 0 bridgehead atoms. The minimum Gasteiger partial charge on any atom is -0.490 e. The topological polar surface area (TPSA) is 88.7 Å². The summed E-state index contributed by atoms with van der Waals surface area (Å²) in [6, 6.07) is 11.5. The number of rotatable bonds is 6. The normalized spacial score (nSPS) is 13.3. The maximum Gasteiger partial charge on any atom is 0.262 e. The van der Waals surface area contributed by atoms with Gasteiger partial charge in [-0.15, -0.1) is 0 Å². The summed E-state index contributed by atoms with van der Waals surface area (Å²) in [5.41, 5.74) is 1.22. The van der Waals surface area contributed by atoms with E-state index in [2.05, 4.69) is 22.3 Å². The van der Waals surface area contributed by atoms with Gasteiger partial charge in [-0.1, -0.05) is 6.92 Å². The second-order valence-electron chi connectivity index (χ2n) is 6.22. The Kier molecular flexibility index (Phi) is 6.58. The van der Waals surface area contributed by atoms with Crippen molar-refractivity contribution in [3.05, 3.63) is 42.5 Å². The molecule has 1 aliphatic heterocycles. The van der Waals surface area contributed by atoms with Crippen molar-refractivity contribution in [1.82, 2.24) is 5.32 Å². The Labute approximate surface area is 170 Å². The number of thiocarbonyl (C=S) groups is 1. The fourth-order valence-corrected chi connectivity index (χ4v) is 3.85. The van der Waals surface area contributed by atoms with Crippen LogP contribution >= 0.6 is 12.2 Å². The predicted molar refractivity (Wildman–Crippen MR) is 114 cm³/mol. The molecule has 3 N–H and O–H groups in total. The van der Waals surface area contributed by atoms with Gasteiger partial charge >= 0.3 is 0 Å². The lowest BCUT2D eigenvalue weighted by Crippen LogP contribution is -2.28. The van der Waals surface area contributed by atoms with Gasteiger partial charge in [0.1, 0.15) is 0 Å². The standard InChI is InChI=1S/C19H23N3O4S2/c1-2-10-20-19(27)21-14-4-6-15(7-5-14)22-28(23,24)16-8-9-17-18(13-16)26-12-3-11-25-17/h4-9,13,22H,2-3,10-12H2,1H3,(H2,20,21,27). The van der Waals surface area contributed by atoms with Gasteiger partial charge in [0, 0.05) is 30.4 Å². The van der Waals surface area contributed by atoms with E-state index < -0.39 is 10.0 Å². The molecule has 28 heavy (non-hydrogen) atoms. The second kappa shape index (κ2) is 9.11. The summed E-state index contributed by atoms with van der Waals surface area (Å²) in [6.07, 6.45) is 1.73. The van der Waals surface area contributed by atoms with Gasteiger partial charge in [-0.05, 0) is 55.0 Å². The predicted octanol–water partition coefficient (Wildman–Crippen LogP) is 3.35. The number of hydrogen-bond acceptors (Lipinski definition) is 5. The fourth-order valence-electron chi connectivity index (χ4n) is 2.56. The highest BCUT2D eigenvalue weighted by atomic mass is 32.2. The van der Waals surface area contributed by atoms with E-state index in [0.29, 0.717) is 35.5 Å². The molecule has 0 aliphatic carbocycles. The van der Waals surface area contributed by atoms with Crippen molar-refractivity contribution in [2.45, 2.75) is 24.7 Å². The number of sulfonamides is 1. The minimum atomic E-state index is -3.75. The molecule has 0 radical (unpaired) electrons. The molecular formula is C19H23N3O4S2. The Bertz CT molecular complexity index is 931. The Morgan fingerprint density at radius 1 is 1.04 bits per heavy atom. The van der Waals surface area contributed by atoms with E-state index in [1.54, 1.807) is 30.3 Å². The summed E-state index contributed by atoms with van der Waals surface area (Å²) in [4.78, 5) is 0.115. The molecule has 0 saturated heterocycles. The van der Waals surface area contributed by atoms with Crippen molar-refractivity contribution in [1.29, 1.82) is 0 Å². The van der Waals surface area contributed by atoms with E-state index in [0.717, 1.165) is 25.1 Å². The number of benzene rings is 2. The third-order valence-electron chi connectivity index (χ3n) is 3.96. The molecule has 1 aliphatic rings. The van der Waals surface area contributed by atoms with Crippen LogP contribution in [0.15, 0.2) is 47.4 Å². The van der Waals surface area contributed by atoms with E-state index in [1.165, 1.54) is 12.1 Å². The number of anilines is 2. The number of fused-ring (bicyclic) bond motifs is 1. The summed E-state index contributed by atoms with van der Waals surface area (Å²) >= 11 is 5.19. The van der Waals surface area contributed by atoms with Gasteiger partial charge in [-0.2, -0.15) is 0 Å². The summed E-state index contributed by atoms with van der Waals surface area (Å²) in [7, 11) is -3.75. The van der Waals surface area contributed by atoms with Crippen LogP contribution in [0.1, 0.15) is 19.8 Å². The zero-order chi connectivity index (χ0) is 20.0. The van der Waals surface area contributed by atoms with Crippen LogP contribution in [0.2, 0.25) is 0 Å². The zero-order valence-corrected chi connectivity index (χ0v) is 17.2. The third kappa shape index (κ3) is 5.26. The Morgan fingerprint density at radius 2 is 1.71 bits per heavy atom. The highest BCUT2D eigenvalue weighted by molar-refractivity contribution is 7.92. The maximum atomic E-state index is 12.7. The quantitative estimate of drug-likeness (QED) is 0.617. The zero-order valence-electron chi connectivity index (χ0n) is 15.5. The molecular weight excluding hydrogens is 398 g/mol. The van der Waals surface area contributed by atoms with Crippen LogP contribution in [0.3, 0.4) is 0 Å². The maximum absolute atomic E-state index is 12.7. The molecule has 2 aromatic carbocycles. The minimum absolute atomic E-state index is 0.115. The van der Waals surface area contributed by atoms with Gasteiger partial charge in [0.2, 0.25) is 0 Å². The summed E-state index contributed by atoms with van der Waals surface area (Å²) in [5.74, 6) is 0.993. The highest BCUT2D eigenvalue weighted by Gasteiger charge is 2.19. The molecule has 2 aromatic rings. The molecule has 0 saturated carbocycles. The summed E-state index contributed by atoms with van der Waals surface area (Å²) < 4.78 is 39.1. The van der Waals surface area contributed by atoms with Crippen molar-refractivity contribution in [2.75, 3.05) is 29.8 Å². The first-order chi connectivity index (χ1) is 13.5. The van der Waals surface area contributed by atoms with Crippen molar-refractivity contribution in [2.24, 2.45) is 0 Å². The Hall–Kier alpha value is -2.52.